The fraction of sp³-hybridized carbons (Fsp3) is 0.286. The second-order valence-corrected chi connectivity index (χ2v) is 4.96. The number of hydrogen-bond acceptors (Lipinski definition) is 6. The van der Waals surface area contributed by atoms with E-state index in [2.05, 4.69) is 20.0 Å². The van der Waals surface area contributed by atoms with Gasteiger partial charge >= 0.3 is 11.9 Å². The predicted molar refractivity (Wildman–Crippen MR) is 87.4 cm³/mol. The van der Waals surface area contributed by atoms with Crippen LogP contribution in [-0.2, 0) is 32.1 Å². The Balaban J connectivity index is 2.78. The highest BCUT2D eigenvalue weighted by Gasteiger charge is 2.25. The van der Waals surface area contributed by atoms with Crippen LogP contribution in [0.3, 0.4) is 0 Å². The molecule has 12 heteroatoms. The summed E-state index contributed by atoms with van der Waals surface area (Å²) in [5.74, 6) is -3.75. The number of nitrogens with zero attached hydrogens (tertiary/aromatic N) is 2. The number of hydrogen-bond donors (Lipinski definition) is 4. The van der Waals surface area contributed by atoms with Crippen molar-refractivity contribution in [2.24, 2.45) is 33.2 Å². The van der Waals surface area contributed by atoms with Gasteiger partial charge in [-0.15, -0.1) is 0 Å². The first kappa shape index (κ1) is 20.6. The minimum Gasteiger partial charge on any atom is -0.367 e. The topological polar surface area (TPSA) is 181 Å². The van der Waals surface area contributed by atoms with Crippen LogP contribution < -0.4 is 22.9 Å². The molecule has 1 aromatic carbocycles. The third kappa shape index (κ3) is 6.98. The van der Waals surface area contributed by atoms with Crippen LogP contribution in [0.4, 0.5) is 8.78 Å². The molecule has 8 N–H and O–H groups in total. The number of rotatable bonds is 8. The van der Waals surface area contributed by atoms with Crippen LogP contribution in [0, 0.1) is 0 Å². The zero-order chi connectivity index (χ0) is 19.7. The van der Waals surface area contributed by atoms with Crippen molar-refractivity contribution < 1.29 is 28.0 Å². The molecule has 0 fully saturated rings. The van der Waals surface area contributed by atoms with Crippen molar-refractivity contribution in [1.29, 1.82) is 0 Å². The van der Waals surface area contributed by atoms with Crippen molar-refractivity contribution in [1.82, 2.24) is 0 Å². The maximum absolute atomic E-state index is 14.0. The highest BCUT2D eigenvalue weighted by Crippen LogP contribution is 2.17. The standard InChI is InChI=1S/C14H18F2N6O4/c15-9(11(23)25-21-13(17)18)5-7-3-1-2-4-8(7)6-10(16)12(24)26-22-14(19)20/h1-4,9-10H,5-6H2,(H4,17,18,21)(H4,19,20,22). The van der Waals surface area contributed by atoms with E-state index >= 15 is 0 Å². The molecular weight excluding hydrogens is 354 g/mol. The summed E-state index contributed by atoms with van der Waals surface area (Å²) in [7, 11) is 0. The van der Waals surface area contributed by atoms with E-state index in [1.165, 1.54) is 12.1 Å². The van der Waals surface area contributed by atoms with E-state index in [1.54, 1.807) is 12.1 Å². The van der Waals surface area contributed by atoms with Gasteiger partial charge in [0.25, 0.3) is 0 Å². The van der Waals surface area contributed by atoms with E-state index in [-0.39, 0.29) is 11.1 Å². The SMILES string of the molecule is NC(N)=NOC(=O)C(F)Cc1ccccc1CC(F)C(=O)ON=C(N)N. The maximum atomic E-state index is 14.0. The van der Waals surface area contributed by atoms with Crippen molar-refractivity contribution in [2.75, 3.05) is 0 Å². The van der Waals surface area contributed by atoms with Gasteiger partial charge in [-0.25, -0.2) is 18.4 Å². The maximum Gasteiger partial charge on any atom is 0.369 e. The Hall–Kier alpha value is -3.44. The zero-order valence-corrected chi connectivity index (χ0v) is 13.5. The van der Waals surface area contributed by atoms with Crippen molar-refractivity contribution >= 4 is 23.9 Å². The summed E-state index contributed by atoms with van der Waals surface area (Å²) in [6.07, 6.45) is -5.09. The summed E-state index contributed by atoms with van der Waals surface area (Å²) in [4.78, 5) is 31.3. The summed E-state index contributed by atoms with van der Waals surface area (Å²) in [5.41, 5.74) is 20.4. The molecule has 2 unspecified atom stereocenters. The minimum absolute atomic E-state index is 0.277. The van der Waals surface area contributed by atoms with Crippen molar-refractivity contribution in [3.63, 3.8) is 0 Å². The Bertz CT molecular complexity index is 645. The lowest BCUT2D eigenvalue weighted by Crippen LogP contribution is -2.27. The summed E-state index contributed by atoms with van der Waals surface area (Å²) >= 11 is 0. The predicted octanol–water partition coefficient (Wildman–Crippen LogP) is -1.09. The molecule has 0 saturated heterocycles. The average molecular weight is 372 g/mol. The van der Waals surface area contributed by atoms with E-state index in [0.29, 0.717) is 0 Å². The Morgan fingerprint density at radius 1 is 0.846 bits per heavy atom. The molecule has 0 aliphatic carbocycles. The molecule has 2 atom stereocenters. The molecule has 26 heavy (non-hydrogen) atoms. The quantitative estimate of drug-likeness (QED) is 0.192. The largest absolute Gasteiger partial charge is 0.369 e. The Labute approximate surface area is 146 Å². The lowest BCUT2D eigenvalue weighted by Gasteiger charge is -2.12. The summed E-state index contributed by atoms with van der Waals surface area (Å²) in [6.45, 7) is 0. The highest BCUT2D eigenvalue weighted by atomic mass is 19.1. The molecule has 0 radical (unpaired) electrons. The van der Waals surface area contributed by atoms with Gasteiger partial charge < -0.3 is 32.6 Å². The van der Waals surface area contributed by atoms with Crippen molar-refractivity contribution in [3.05, 3.63) is 35.4 Å². The van der Waals surface area contributed by atoms with Crippen LogP contribution in [-0.4, -0.2) is 36.2 Å². The van der Waals surface area contributed by atoms with Gasteiger partial charge in [0.15, 0.2) is 0 Å². The molecule has 1 aromatic rings. The molecule has 0 bridgehead atoms. The van der Waals surface area contributed by atoms with Crippen LogP contribution in [0.2, 0.25) is 0 Å². The number of nitrogens with two attached hydrogens (primary N) is 4. The lowest BCUT2D eigenvalue weighted by atomic mass is 9.98. The minimum atomic E-state index is -2.11. The molecule has 0 heterocycles. The van der Waals surface area contributed by atoms with Crippen LogP contribution in [0.1, 0.15) is 11.1 Å². The molecule has 10 nitrogen and oxygen atoms in total. The summed E-state index contributed by atoms with van der Waals surface area (Å²) in [6, 6.07) is 6.03. The average Bonchev–Trinajstić information content (AvgIpc) is 2.58. The van der Waals surface area contributed by atoms with Crippen LogP contribution in [0.5, 0.6) is 0 Å². The van der Waals surface area contributed by atoms with Crippen molar-refractivity contribution in [3.8, 4) is 0 Å². The van der Waals surface area contributed by atoms with Crippen LogP contribution >= 0.6 is 0 Å². The van der Waals surface area contributed by atoms with Gasteiger partial charge in [0.05, 0.1) is 0 Å². The fourth-order valence-electron chi connectivity index (χ4n) is 1.82. The molecule has 0 amide bonds. The Morgan fingerprint density at radius 3 is 1.50 bits per heavy atom. The third-order valence-electron chi connectivity index (χ3n) is 2.91. The van der Waals surface area contributed by atoms with Gasteiger partial charge in [-0.1, -0.05) is 24.3 Å². The second-order valence-electron chi connectivity index (χ2n) is 4.96. The monoisotopic (exact) mass is 372 g/mol. The normalized spacial score (nSPS) is 12.4. The molecule has 0 aliphatic heterocycles. The number of oxime groups is 2. The highest BCUT2D eigenvalue weighted by molar-refractivity contribution is 5.79. The van der Waals surface area contributed by atoms with Crippen LogP contribution in [0.15, 0.2) is 34.6 Å². The van der Waals surface area contributed by atoms with Gasteiger partial charge in [0.2, 0.25) is 24.3 Å². The van der Waals surface area contributed by atoms with Gasteiger partial charge in [0.1, 0.15) is 0 Å². The first-order chi connectivity index (χ1) is 12.2. The molecule has 0 aliphatic rings. The number of alkyl halides is 2. The Morgan fingerprint density at radius 2 is 1.19 bits per heavy atom. The van der Waals surface area contributed by atoms with E-state index in [9.17, 15) is 18.4 Å². The van der Waals surface area contributed by atoms with Gasteiger partial charge in [0, 0.05) is 12.8 Å². The smallest absolute Gasteiger partial charge is 0.367 e. The number of carbonyl (C=O) groups excluding carboxylic acids is 2. The van der Waals surface area contributed by atoms with Gasteiger partial charge in [-0.3, -0.25) is 0 Å². The second kappa shape index (κ2) is 9.76. The van der Waals surface area contributed by atoms with Gasteiger partial charge in [-0.05, 0) is 21.4 Å². The van der Waals surface area contributed by atoms with E-state index in [0.717, 1.165) is 0 Å². The molecule has 0 aromatic heterocycles. The summed E-state index contributed by atoms with van der Waals surface area (Å²) < 4.78 is 27.9. The fourth-order valence-corrected chi connectivity index (χ4v) is 1.82. The molecular formula is C14H18F2N6O4. The number of benzene rings is 1. The van der Waals surface area contributed by atoms with E-state index in [1.807, 2.05) is 0 Å². The number of carbonyl (C=O) groups is 2. The van der Waals surface area contributed by atoms with Crippen molar-refractivity contribution in [2.45, 2.75) is 25.2 Å². The van der Waals surface area contributed by atoms with E-state index in [4.69, 9.17) is 22.9 Å². The zero-order valence-electron chi connectivity index (χ0n) is 13.5. The number of halogens is 2. The van der Waals surface area contributed by atoms with E-state index < -0.39 is 49.0 Å². The Kier molecular flexibility index (Phi) is 7.73. The van der Waals surface area contributed by atoms with Gasteiger partial charge in [-0.2, -0.15) is 0 Å². The third-order valence-corrected chi connectivity index (χ3v) is 2.91. The molecule has 142 valence electrons. The van der Waals surface area contributed by atoms with Crippen LogP contribution in [0.25, 0.3) is 0 Å². The first-order valence-electron chi connectivity index (χ1n) is 7.15. The molecule has 1 rings (SSSR count). The first-order valence-corrected chi connectivity index (χ1v) is 7.15. The number of guanidine groups is 2. The lowest BCUT2D eigenvalue weighted by molar-refractivity contribution is -0.150. The summed E-state index contributed by atoms with van der Waals surface area (Å²) in [5, 5.41) is 5.89. The molecule has 0 saturated carbocycles. The molecule has 0 spiro atoms.